The molecule has 1 aliphatic carbocycles. The molecule has 2 aromatic rings. The minimum Gasteiger partial charge on any atom is -0.493 e. The maximum atomic E-state index is 12.1. The number of benzene rings is 1. The predicted molar refractivity (Wildman–Crippen MR) is 97.3 cm³/mol. The number of ether oxygens (including phenoxy) is 3. The second-order valence-electron chi connectivity index (χ2n) is 6.14. The van der Waals surface area contributed by atoms with Crippen LogP contribution in [0.2, 0.25) is 0 Å². The van der Waals surface area contributed by atoms with Crippen molar-refractivity contribution < 1.29 is 19.0 Å². The molecule has 0 unspecified atom stereocenters. The zero-order valence-electron chi connectivity index (χ0n) is 14.6. The number of aromatic nitrogens is 1. The maximum absolute atomic E-state index is 12.1. The highest BCUT2D eigenvalue weighted by Crippen LogP contribution is 2.33. The third-order valence-electron chi connectivity index (χ3n) is 4.36. The lowest BCUT2D eigenvalue weighted by molar-refractivity contribution is -0.149. The first kappa shape index (κ1) is 17.7. The predicted octanol–water partition coefficient (Wildman–Crippen LogP) is 4.25. The van der Waals surface area contributed by atoms with Gasteiger partial charge in [-0.05, 0) is 43.9 Å². The molecule has 6 heteroatoms. The summed E-state index contributed by atoms with van der Waals surface area (Å²) < 4.78 is 16.2. The molecule has 0 atom stereocenters. The third-order valence-corrected chi connectivity index (χ3v) is 5.30. The highest BCUT2D eigenvalue weighted by molar-refractivity contribution is 7.13. The molecular formula is C19H23NO4S. The van der Waals surface area contributed by atoms with Gasteiger partial charge in [0, 0.05) is 10.9 Å². The van der Waals surface area contributed by atoms with Crippen molar-refractivity contribution in [2.24, 2.45) is 0 Å². The van der Waals surface area contributed by atoms with Gasteiger partial charge in [0.15, 0.2) is 11.5 Å². The number of thiazole rings is 1. The van der Waals surface area contributed by atoms with Crippen molar-refractivity contribution in [2.75, 3.05) is 14.2 Å². The molecule has 1 aromatic carbocycles. The number of hydrogen-bond donors (Lipinski definition) is 0. The molecule has 1 heterocycles. The summed E-state index contributed by atoms with van der Waals surface area (Å²) >= 11 is 1.51. The van der Waals surface area contributed by atoms with Crippen LogP contribution in [0, 0.1) is 0 Å². The van der Waals surface area contributed by atoms with Gasteiger partial charge in [0.2, 0.25) is 0 Å². The van der Waals surface area contributed by atoms with Crippen molar-refractivity contribution >= 4 is 17.3 Å². The standard InChI is InChI=1S/C19H23NO4S/c1-22-16-9-8-13(10-17(16)23-2)19-20-14(12-25-19)11-18(21)24-15-6-4-3-5-7-15/h8-10,12,15H,3-7,11H2,1-2H3. The van der Waals surface area contributed by atoms with E-state index in [1.165, 1.54) is 17.8 Å². The Morgan fingerprint density at radius 1 is 1.16 bits per heavy atom. The van der Waals surface area contributed by atoms with Gasteiger partial charge in [-0.25, -0.2) is 4.98 Å². The van der Waals surface area contributed by atoms with Crippen LogP contribution in [0.25, 0.3) is 10.6 Å². The minimum absolute atomic E-state index is 0.0882. The van der Waals surface area contributed by atoms with Gasteiger partial charge in [-0.15, -0.1) is 11.3 Å². The molecule has 1 aromatic heterocycles. The molecule has 1 saturated carbocycles. The molecule has 1 aliphatic rings. The van der Waals surface area contributed by atoms with Crippen LogP contribution >= 0.6 is 11.3 Å². The zero-order valence-corrected chi connectivity index (χ0v) is 15.4. The van der Waals surface area contributed by atoms with E-state index in [-0.39, 0.29) is 18.5 Å². The van der Waals surface area contributed by atoms with E-state index in [0.29, 0.717) is 11.5 Å². The second kappa shape index (κ2) is 8.34. The van der Waals surface area contributed by atoms with Crippen LogP contribution in [-0.4, -0.2) is 31.3 Å². The second-order valence-corrected chi connectivity index (χ2v) is 7.00. The molecule has 3 rings (SSSR count). The van der Waals surface area contributed by atoms with Crippen molar-refractivity contribution in [3.05, 3.63) is 29.3 Å². The molecule has 0 bridgehead atoms. The lowest BCUT2D eigenvalue weighted by Gasteiger charge is -2.21. The number of methoxy groups -OCH3 is 2. The minimum atomic E-state index is -0.184. The first-order chi connectivity index (χ1) is 12.2. The summed E-state index contributed by atoms with van der Waals surface area (Å²) in [6.45, 7) is 0. The molecule has 0 saturated heterocycles. The lowest BCUT2D eigenvalue weighted by atomic mass is 9.98. The molecule has 134 valence electrons. The van der Waals surface area contributed by atoms with Crippen LogP contribution in [0.1, 0.15) is 37.8 Å². The Hall–Kier alpha value is -2.08. The monoisotopic (exact) mass is 361 g/mol. The van der Waals surface area contributed by atoms with Gasteiger partial charge in [-0.2, -0.15) is 0 Å². The molecule has 1 fully saturated rings. The summed E-state index contributed by atoms with van der Waals surface area (Å²) in [6.07, 6.45) is 5.83. The Kier molecular flexibility index (Phi) is 5.91. The summed E-state index contributed by atoms with van der Waals surface area (Å²) in [4.78, 5) is 16.7. The van der Waals surface area contributed by atoms with Gasteiger partial charge in [-0.1, -0.05) is 6.42 Å². The van der Waals surface area contributed by atoms with Gasteiger partial charge in [-0.3, -0.25) is 4.79 Å². The van der Waals surface area contributed by atoms with Crippen molar-refractivity contribution in [1.82, 2.24) is 4.98 Å². The van der Waals surface area contributed by atoms with Gasteiger partial charge >= 0.3 is 5.97 Å². The van der Waals surface area contributed by atoms with Crippen LogP contribution in [0.4, 0.5) is 0 Å². The fraction of sp³-hybridized carbons (Fsp3) is 0.474. The van der Waals surface area contributed by atoms with Gasteiger partial charge in [0.1, 0.15) is 11.1 Å². The van der Waals surface area contributed by atoms with Gasteiger partial charge in [0.25, 0.3) is 0 Å². The number of carbonyl (C=O) groups excluding carboxylic acids is 1. The molecule has 0 N–H and O–H groups in total. The van der Waals surface area contributed by atoms with E-state index in [9.17, 15) is 4.79 Å². The fourth-order valence-corrected chi connectivity index (χ4v) is 3.87. The molecule has 0 radical (unpaired) electrons. The average Bonchev–Trinajstić information content (AvgIpc) is 3.10. The summed E-state index contributed by atoms with van der Waals surface area (Å²) in [5, 5.41) is 2.76. The quantitative estimate of drug-likeness (QED) is 0.720. The average molecular weight is 361 g/mol. The Bertz CT molecular complexity index is 722. The SMILES string of the molecule is COc1ccc(-c2nc(CC(=O)OC3CCCCC3)cs2)cc1OC. The van der Waals surface area contributed by atoms with Crippen LogP contribution in [0.5, 0.6) is 11.5 Å². The van der Waals surface area contributed by atoms with E-state index < -0.39 is 0 Å². The number of carbonyl (C=O) groups is 1. The number of esters is 1. The van der Waals surface area contributed by atoms with E-state index in [2.05, 4.69) is 4.98 Å². The molecule has 5 nitrogen and oxygen atoms in total. The third kappa shape index (κ3) is 4.51. The molecule has 0 spiro atoms. The molecule has 25 heavy (non-hydrogen) atoms. The first-order valence-corrected chi connectivity index (χ1v) is 9.44. The summed E-state index contributed by atoms with van der Waals surface area (Å²) in [5.41, 5.74) is 1.69. The Morgan fingerprint density at radius 2 is 1.92 bits per heavy atom. The van der Waals surface area contributed by atoms with E-state index in [4.69, 9.17) is 14.2 Å². The molecule has 0 aliphatic heterocycles. The molecule has 0 amide bonds. The van der Waals surface area contributed by atoms with Crippen LogP contribution in [-0.2, 0) is 16.0 Å². The van der Waals surface area contributed by atoms with Crippen molar-refractivity contribution in [2.45, 2.75) is 44.6 Å². The highest BCUT2D eigenvalue weighted by atomic mass is 32.1. The first-order valence-electron chi connectivity index (χ1n) is 8.56. The van der Waals surface area contributed by atoms with E-state index in [0.717, 1.165) is 41.9 Å². The highest BCUT2D eigenvalue weighted by Gasteiger charge is 2.19. The van der Waals surface area contributed by atoms with Crippen molar-refractivity contribution in [3.8, 4) is 22.1 Å². The number of rotatable bonds is 6. The maximum Gasteiger partial charge on any atom is 0.312 e. The van der Waals surface area contributed by atoms with E-state index >= 15 is 0 Å². The number of hydrogen-bond acceptors (Lipinski definition) is 6. The van der Waals surface area contributed by atoms with Crippen LogP contribution < -0.4 is 9.47 Å². The normalized spacial score (nSPS) is 15.0. The zero-order chi connectivity index (χ0) is 17.6. The summed E-state index contributed by atoms with van der Waals surface area (Å²) in [6, 6.07) is 5.68. The van der Waals surface area contributed by atoms with Gasteiger partial charge < -0.3 is 14.2 Å². The van der Waals surface area contributed by atoms with Crippen molar-refractivity contribution in [3.63, 3.8) is 0 Å². The van der Waals surface area contributed by atoms with Crippen molar-refractivity contribution in [1.29, 1.82) is 0 Å². The Morgan fingerprint density at radius 3 is 2.64 bits per heavy atom. The summed E-state index contributed by atoms with van der Waals surface area (Å²) in [7, 11) is 3.22. The number of nitrogens with zero attached hydrogens (tertiary/aromatic N) is 1. The van der Waals surface area contributed by atoms with Crippen LogP contribution in [0.3, 0.4) is 0 Å². The fourth-order valence-electron chi connectivity index (χ4n) is 3.05. The largest absolute Gasteiger partial charge is 0.493 e. The van der Waals surface area contributed by atoms with Gasteiger partial charge in [0.05, 0.1) is 26.3 Å². The lowest BCUT2D eigenvalue weighted by Crippen LogP contribution is -2.22. The Labute approximate surface area is 151 Å². The topological polar surface area (TPSA) is 57.7 Å². The smallest absolute Gasteiger partial charge is 0.312 e. The molecular weight excluding hydrogens is 338 g/mol. The van der Waals surface area contributed by atoms with E-state index in [1.807, 2.05) is 23.6 Å². The van der Waals surface area contributed by atoms with Crippen LogP contribution in [0.15, 0.2) is 23.6 Å². The summed E-state index contributed by atoms with van der Waals surface area (Å²) in [5.74, 6) is 1.16. The Balaban J connectivity index is 1.64. The van der Waals surface area contributed by atoms with E-state index in [1.54, 1.807) is 14.2 Å².